The van der Waals surface area contributed by atoms with Crippen molar-refractivity contribution in [1.29, 1.82) is 0 Å². The van der Waals surface area contributed by atoms with Gasteiger partial charge in [0.25, 0.3) is 0 Å². The highest BCUT2D eigenvalue weighted by Crippen LogP contribution is 2.34. The van der Waals surface area contributed by atoms with Crippen LogP contribution in [0.5, 0.6) is 0 Å². The number of likely N-dealkylation sites (N-methyl/N-ethyl adjacent to an activating group) is 1. The summed E-state index contributed by atoms with van der Waals surface area (Å²) in [6.07, 6.45) is 2.58. The van der Waals surface area contributed by atoms with Crippen LogP contribution in [0.4, 0.5) is 0 Å². The molecule has 0 aromatic carbocycles. The molecule has 1 aromatic heterocycles. The Bertz CT molecular complexity index is 328. The molecule has 0 radical (unpaired) electrons. The number of nitrogens with zero attached hydrogens (tertiary/aromatic N) is 1. The number of rotatable bonds is 4. The summed E-state index contributed by atoms with van der Waals surface area (Å²) in [7, 11) is 2.14. The predicted molar refractivity (Wildman–Crippen MR) is 60.6 cm³/mol. The molecule has 1 aromatic rings. The fraction of sp³-hybridized carbons (Fsp3) is 0.667. The van der Waals surface area contributed by atoms with Gasteiger partial charge in [0.2, 0.25) is 0 Å². The van der Waals surface area contributed by atoms with Gasteiger partial charge >= 0.3 is 0 Å². The number of aryl methyl sites for hydroxylation is 1. The Balaban J connectivity index is 2.18. The first-order chi connectivity index (χ1) is 7.09. The molecule has 0 spiro atoms. The van der Waals surface area contributed by atoms with E-state index in [0.717, 1.165) is 11.5 Å². The minimum atomic E-state index is 0.0983. The topological polar surface area (TPSA) is 42.4 Å². The Labute approximate surface area is 91.2 Å². The largest absolute Gasteiger partial charge is 0.465 e. The van der Waals surface area contributed by atoms with Crippen molar-refractivity contribution in [2.45, 2.75) is 44.8 Å². The molecule has 0 bridgehead atoms. The fourth-order valence-electron chi connectivity index (χ4n) is 2.15. The average molecular weight is 208 g/mol. The Morgan fingerprint density at radius 2 is 2.13 bits per heavy atom. The fourth-order valence-corrected chi connectivity index (χ4v) is 2.15. The molecule has 0 aliphatic heterocycles. The lowest BCUT2D eigenvalue weighted by Gasteiger charge is -2.29. The highest BCUT2D eigenvalue weighted by molar-refractivity contribution is 5.12. The minimum Gasteiger partial charge on any atom is -0.465 e. The molecule has 3 heteroatoms. The molecule has 0 saturated heterocycles. The maximum absolute atomic E-state index is 6.04. The zero-order valence-corrected chi connectivity index (χ0v) is 9.73. The molecule has 1 aliphatic rings. The lowest BCUT2D eigenvalue weighted by atomic mass is 10.1. The summed E-state index contributed by atoms with van der Waals surface area (Å²) < 4.78 is 5.68. The van der Waals surface area contributed by atoms with E-state index in [4.69, 9.17) is 10.2 Å². The molecule has 3 nitrogen and oxygen atoms in total. The maximum atomic E-state index is 6.04. The van der Waals surface area contributed by atoms with Gasteiger partial charge in [-0.3, -0.25) is 4.90 Å². The van der Waals surface area contributed by atoms with Crippen LogP contribution in [0.25, 0.3) is 0 Å². The van der Waals surface area contributed by atoms with Crippen molar-refractivity contribution in [3.05, 3.63) is 23.7 Å². The van der Waals surface area contributed by atoms with Crippen molar-refractivity contribution in [2.24, 2.45) is 5.73 Å². The van der Waals surface area contributed by atoms with Crippen molar-refractivity contribution >= 4 is 0 Å². The summed E-state index contributed by atoms with van der Waals surface area (Å²) in [5, 5.41) is 0. The van der Waals surface area contributed by atoms with Crippen LogP contribution in [-0.2, 0) is 0 Å². The molecule has 2 rings (SSSR count). The van der Waals surface area contributed by atoms with Gasteiger partial charge in [-0.05, 0) is 45.9 Å². The molecule has 2 atom stereocenters. The van der Waals surface area contributed by atoms with Crippen LogP contribution in [0.2, 0.25) is 0 Å². The standard InChI is InChI=1S/C12H20N2O/c1-8-4-7-11(15-8)12(9(2)13)14(3)10-5-6-10/h4,7,9-10,12H,5-6,13H2,1-3H3. The molecule has 1 aliphatic carbocycles. The number of nitrogens with two attached hydrogens (primary N) is 1. The van der Waals surface area contributed by atoms with Gasteiger partial charge in [0.1, 0.15) is 11.5 Å². The van der Waals surface area contributed by atoms with Gasteiger partial charge in [-0.25, -0.2) is 0 Å². The number of hydrogen-bond acceptors (Lipinski definition) is 3. The van der Waals surface area contributed by atoms with Crippen LogP contribution in [-0.4, -0.2) is 24.0 Å². The molecule has 1 fully saturated rings. The number of furan rings is 1. The quantitative estimate of drug-likeness (QED) is 0.823. The molecule has 2 unspecified atom stereocenters. The van der Waals surface area contributed by atoms with Crippen LogP contribution in [0.1, 0.15) is 37.3 Å². The van der Waals surface area contributed by atoms with E-state index in [-0.39, 0.29) is 12.1 Å². The highest BCUT2D eigenvalue weighted by Gasteiger charge is 2.34. The zero-order valence-electron chi connectivity index (χ0n) is 9.73. The van der Waals surface area contributed by atoms with Crippen LogP contribution < -0.4 is 5.73 Å². The third-order valence-corrected chi connectivity index (χ3v) is 3.11. The molecular formula is C12H20N2O. The third-order valence-electron chi connectivity index (χ3n) is 3.11. The van der Waals surface area contributed by atoms with E-state index in [1.807, 2.05) is 26.0 Å². The van der Waals surface area contributed by atoms with Crippen LogP contribution in [0, 0.1) is 6.92 Å². The smallest absolute Gasteiger partial charge is 0.122 e. The maximum Gasteiger partial charge on any atom is 0.122 e. The van der Waals surface area contributed by atoms with E-state index in [9.17, 15) is 0 Å². The second-order valence-electron chi connectivity index (χ2n) is 4.65. The Hall–Kier alpha value is -0.800. The lowest BCUT2D eigenvalue weighted by Crippen LogP contribution is -2.38. The van der Waals surface area contributed by atoms with Crippen molar-refractivity contribution < 1.29 is 4.42 Å². The van der Waals surface area contributed by atoms with E-state index in [2.05, 4.69) is 11.9 Å². The van der Waals surface area contributed by atoms with Crippen molar-refractivity contribution in [2.75, 3.05) is 7.05 Å². The first kappa shape index (κ1) is 10.7. The number of hydrogen-bond donors (Lipinski definition) is 1. The second-order valence-corrected chi connectivity index (χ2v) is 4.65. The van der Waals surface area contributed by atoms with Gasteiger partial charge in [-0.2, -0.15) is 0 Å². The Morgan fingerprint density at radius 3 is 2.53 bits per heavy atom. The van der Waals surface area contributed by atoms with E-state index >= 15 is 0 Å². The summed E-state index contributed by atoms with van der Waals surface area (Å²) in [6.45, 7) is 4.01. The van der Waals surface area contributed by atoms with Gasteiger partial charge in [-0.1, -0.05) is 0 Å². The highest BCUT2D eigenvalue weighted by atomic mass is 16.3. The molecule has 15 heavy (non-hydrogen) atoms. The Kier molecular flexibility index (Phi) is 2.85. The summed E-state index contributed by atoms with van der Waals surface area (Å²) in [4.78, 5) is 2.35. The lowest BCUT2D eigenvalue weighted by molar-refractivity contribution is 0.181. The first-order valence-corrected chi connectivity index (χ1v) is 5.63. The van der Waals surface area contributed by atoms with Gasteiger partial charge in [-0.15, -0.1) is 0 Å². The van der Waals surface area contributed by atoms with E-state index in [1.54, 1.807) is 0 Å². The first-order valence-electron chi connectivity index (χ1n) is 5.63. The molecule has 0 amide bonds. The van der Waals surface area contributed by atoms with E-state index in [1.165, 1.54) is 12.8 Å². The van der Waals surface area contributed by atoms with Gasteiger partial charge in [0, 0.05) is 12.1 Å². The monoisotopic (exact) mass is 208 g/mol. The van der Waals surface area contributed by atoms with E-state index in [0.29, 0.717) is 6.04 Å². The summed E-state index contributed by atoms with van der Waals surface area (Å²) in [6, 6.07) is 5.06. The molecule has 84 valence electrons. The zero-order chi connectivity index (χ0) is 11.0. The van der Waals surface area contributed by atoms with Crippen LogP contribution in [0.3, 0.4) is 0 Å². The molecular weight excluding hydrogens is 188 g/mol. The summed E-state index contributed by atoms with van der Waals surface area (Å²) in [5.41, 5.74) is 6.04. The van der Waals surface area contributed by atoms with Crippen molar-refractivity contribution in [1.82, 2.24) is 4.90 Å². The summed E-state index contributed by atoms with van der Waals surface area (Å²) >= 11 is 0. The minimum absolute atomic E-state index is 0.0983. The van der Waals surface area contributed by atoms with Crippen molar-refractivity contribution in [3.63, 3.8) is 0 Å². The van der Waals surface area contributed by atoms with Crippen LogP contribution >= 0.6 is 0 Å². The van der Waals surface area contributed by atoms with Gasteiger partial charge in [0.05, 0.1) is 6.04 Å². The Morgan fingerprint density at radius 1 is 1.47 bits per heavy atom. The SMILES string of the molecule is Cc1ccc(C(C(C)N)N(C)C2CC2)o1. The molecule has 1 heterocycles. The average Bonchev–Trinajstić information content (AvgIpc) is 2.91. The predicted octanol–water partition coefficient (Wildman–Crippen LogP) is 2.07. The normalized spacial score (nSPS) is 20.6. The molecule has 1 saturated carbocycles. The second kappa shape index (κ2) is 3.99. The summed E-state index contributed by atoms with van der Waals surface area (Å²) in [5.74, 6) is 1.96. The van der Waals surface area contributed by atoms with Crippen molar-refractivity contribution in [3.8, 4) is 0 Å². The van der Waals surface area contributed by atoms with E-state index < -0.39 is 0 Å². The van der Waals surface area contributed by atoms with Gasteiger partial charge in [0.15, 0.2) is 0 Å². The third kappa shape index (κ3) is 2.24. The molecule has 2 N–H and O–H groups in total. The van der Waals surface area contributed by atoms with Crippen LogP contribution in [0.15, 0.2) is 16.5 Å². The van der Waals surface area contributed by atoms with Gasteiger partial charge < -0.3 is 10.2 Å².